The van der Waals surface area contributed by atoms with Crippen LogP contribution in [0.5, 0.6) is 11.5 Å². The molecule has 3 aromatic rings. The fraction of sp³-hybridized carbons (Fsp3) is 0.174. The van der Waals surface area contributed by atoms with E-state index < -0.39 is 0 Å². The Kier molecular flexibility index (Phi) is 4.22. The Labute approximate surface area is 162 Å². The largest absolute Gasteiger partial charge is 0.478 e. The quantitative estimate of drug-likeness (QED) is 0.639. The number of carbonyl (C=O) groups is 1. The molecule has 140 valence electrons. The fourth-order valence-corrected chi connectivity index (χ4v) is 3.58. The van der Waals surface area contributed by atoms with Crippen molar-refractivity contribution in [3.63, 3.8) is 0 Å². The van der Waals surface area contributed by atoms with E-state index in [1.54, 1.807) is 30.5 Å². The summed E-state index contributed by atoms with van der Waals surface area (Å²) in [5, 5.41) is 0. The molecule has 0 N–H and O–H groups in total. The Morgan fingerprint density at radius 1 is 1.04 bits per heavy atom. The Balaban J connectivity index is 1.37. The van der Waals surface area contributed by atoms with Crippen molar-refractivity contribution in [2.75, 3.05) is 13.3 Å². The molecule has 28 heavy (non-hydrogen) atoms. The number of ether oxygens (including phenoxy) is 2. The van der Waals surface area contributed by atoms with E-state index in [1.165, 1.54) is 5.56 Å². The van der Waals surface area contributed by atoms with Crippen LogP contribution in [0, 0.1) is 0 Å². The minimum absolute atomic E-state index is 0.129. The molecule has 0 amide bonds. The van der Waals surface area contributed by atoms with Crippen LogP contribution < -0.4 is 9.47 Å². The molecule has 0 atom stereocenters. The van der Waals surface area contributed by atoms with E-state index in [0.717, 1.165) is 24.3 Å². The second-order valence-electron chi connectivity index (χ2n) is 6.94. The highest BCUT2D eigenvalue weighted by molar-refractivity contribution is 6.14. The van der Waals surface area contributed by atoms with Crippen LogP contribution in [0.2, 0.25) is 0 Å². The normalized spacial score (nSPS) is 17.1. The number of allylic oxidation sites excluding steroid dienone is 1. The van der Waals surface area contributed by atoms with E-state index in [0.29, 0.717) is 30.3 Å². The molecule has 0 aliphatic carbocycles. The Morgan fingerprint density at radius 2 is 1.93 bits per heavy atom. The SMILES string of the molecule is O=C1/C(=C/c2ccco2)Oc2c1ccc1c2CN(CCc2ccccc2)CO1. The van der Waals surface area contributed by atoms with Gasteiger partial charge in [0.15, 0.2) is 5.76 Å². The van der Waals surface area contributed by atoms with Gasteiger partial charge in [0.2, 0.25) is 5.78 Å². The standard InChI is InChI=1S/C23H19NO4/c25-22-18-8-9-20-19(23(18)28-21(22)13-17-7-4-12-26-17)14-24(15-27-20)11-10-16-5-2-1-3-6-16/h1-9,12-13H,10-11,14-15H2/b21-13-. The summed E-state index contributed by atoms with van der Waals surface area (Å²) in [6.45, 7) is 2.09. The molecule has 3 heterocycles. The minimum Gasteiger partial charge on any atom is -0.478 e. The molecule has 5 nitrogen and oxygen atoms in total. The number of rotatable bonds is 4. The van der Waals surface area contributed by atoms with Crippen molar-refractivity contribution in [3.05, 3.63) is 89.1 Å². The zero-order valence-corrected chi connectivity index (χ0v) is 15.3. The first-order valence-corrected chi connectivity index (χ1v) is 9.30. The molecule has 0 saturated carbocycles. The lowest BCUT2D eigenvalue weighted by Crippen LogP contribution is -2.33. The lowest BCUT2D eigenvalue weighted by Gasteiger charge is -2.29. The minimum atomic E-state index is -0.129. The summed E-state index contributed by atoms with van der Waals surface area (Å²) < 4.78 is 17.2. The third-order valence-electron chi connectivity index (χ3n) is 5.06. The monoisotopic (exact) mass is 373 g/mol. The van der Waals surface area contributed by atoms with Crippen molar-refractivity contribution in [2.45, 2.75) is 13.0 Å². The topological polar surface area (TPSA) is 51.9 Å². The van der Waals surface area contributed by atoms with E-state index in [4.69, 9.17) is 13.9 Å². The van der Waals surface area contributed by atoms with Crippen LogP contribution in [-0.2, 0) is 13.0 Å². The van der Waals surface area contributed by atoms with E-state index in [9.17, 15) is 4.79 Å². The van der Waals surface area contributed by atoms with Gasteiger partial charge in [-0.05, 0) is 36.2 Å². The van der Waals surface area contributed by atoms with Crippen molar-refractivity contribution >= 4 is 11.9 Å². The summed E-state index contributed by atoms with van der Waals surface area (Å²) in [7, 11) is 0. The molecule has 0 saturated heterocycles. The predicted molar refractivity (Wildman–Crippen MR) is 104 cm³/mol. The molecule has 5 rings (SSSR count). The molecule has 0 unspecified atom stereocenters. The molecule has 0 bridgehead atoms. The van der Waals surface area contributed by atoms with Gasteiger partial charge in [-0.3, -0.25) is 9.69 Å². The van der Waals surface area contributed by atoms with Gasteiger partial charge in [0.25, 0.3) is 0 Å². The average Bonchev–Trinajstić information content (AvgIpc) is 3.36. The van der Waals surface area contributed by atoms with Crippen LogP contribution in [0.3, 0.4) is 0 Å². The number of hydrogen-bond acceptors (Lipinski definition) is 5. The van der Waals surface area contributed by atoms with Gasteiger partial charge in [-0.25, -0.2) is 0 Å². The highest BCUT2D eigenvalue weighted by Crippen LogP contribution is 2.42. The average molecular weight is 373 g/mol. The third-order valence-corrected chi connectivity index (χ3v) is 5.06. The summed E-state index contributed by atoms with van der Waals surface area (Å²) in [6.07, 6.45) is 4.14. The third kappa shape index (κ3) is 3.10. The number of carbonyl (C=O) groups excluding carboxylic acids is 1. The van der Waals surface area contributed by atoms with Crippen molar-refractivity contribution < 1.29 is 18.7 Å². The molecule has 1 aromatic heterocycles. The second kappa shape index (κ2) is 7.02. The van der Waals surface area contributed by atoms with Gasteiger partial charge in [-0.1, -0.05) is 30.3 Å². The summed E-state index contributed by atoms with van der Waals surface area (Å²) >= 11 is 0. The molecular weight excluding hydrogens is 354 g/mol. The van der Waals surface area contributed by atoms with Gasteiger partial charge in [-0.2, -0.15) is 0 Å². The summed E-state index contributed by atoms with van der Waals surface area (Å²) in [5.74, 6) is 2.12. The van der Waals surface area contributed by atoms with Gasteiger partial charge >= 0.3 is 0 Å². The number of fused-ring (bicyclic) bond motifs is 3. The van der Waals surface area contributed by atoms with E-state index in [-0.39, 0.29) is 11.5 Å². The maximum atomic E-state index is 12.7. The summed E-state index contributed by atoms with van der Waals surface area (Å²) in [6, 6.07) is 17.6. The first-order chi connectivity index (χ1) is 13.8. The number of nitrogens with zero attached hydrogens (tertiary/aromatic N) is 1. The first kappa shape index (κ1) is 16.8. The number of Topliss-reactive ketones (excluding diaryl/α,β-unsaturated/α-hetero) is 1. The number of benzene rings is 2. The molecule has 2 aliphatic heterocycles. The Bertz CT molecular complexity index is 1040. The van der Waals surface area contributed by atoms with Gasteiger partial charge in [-0.15, -0.1) is 0 Å². The Morgan fingerprint density at radius 3 is 2.75 bits per heavy atom. The molecule has 0 spiro atoms. The van der Waals surface area contributed by atoms with Gasteiger partial charge in [0.05, 0.1) is 17.4 Å². The highest BCUT2D eigenvalue weighted by Gasteiger charge is 2.33. The van der Waals surface area contributed by atoms with Crippen molar-refractivity contribution in [3.8, 4) is 11.5 Å². The fourth-order valence-electron chi connectivity index (χ4n) is 3.58. The van der Waals surface area contributed by atoms with Gasteiger partial charge in [0.1, 0.15) is 24.0 Å². The van der Waals surface area contributed by atoms with Crippen LogP contribution in [0.15, 0.2) is 71.0 Å². The molecule has 5 heteroatoms. The molecule has 2 aliphatic rings. The smallest absolute Gasteiger partial charge is 0.232 e. The maximum Gasteiger partial charge on any atom is 0.232 e. The van der Waals surface area contributed by atoms with Crippen molar-refractivity contribution in [1.82, 2.24) is 4.90 Å². The van der Waals surface area contributed by atoms with Crippen LogP contribution in [0.4, 0.5) is 0 Å². The number of hydrogen-bond donors (Lipinski definition) is 0. The first-order valence-electron chi connectivity index (χ1n) is 9.30. The van der Waals surface area contributed by atoms with E-state index in [1.807, 2.05) is 12.1 Å². The van der Waals surface area contributed by atoms with E-state index >= 15 is 0 Å². The molecule has 2 aromatic carbocycles. The highest BCUT2D eigenvalue weighted by atomic mass is 16.5. The zero-order chi connectivity index (χ0) is 18.9. The zero-order valence-electron chi connectivity index (χ0n) is 15.3. The van der Waals surface area contributed by atoms with Crippen LogP contribution >= 0.6 is 0 Å². The lowest BCUT2D eigenvalue weighted by atomic mass is 10.0. The molecule has 0 radical (unpaired) electrons. The van der Waals surface area contributed by atoms with E-state index in [2.05, 4.69) is 29.2 Å². The van der Waals surface area contributed by atoms with Crippen molar-refractivity contribution in [1.29, 1.82) is 0 Å². The van der Waals surface area contributed by atoms with Crippen LogP contribution in [0.25, 0.3) is 6.08 Å². The number of furan rings is 1. The van der Waals surface area contributed by atoms with Crippen LogP contribution in [0.1, 0.15) is 27.2 Å². The van der Waals surface area contributed by atoms with Crippen LogP contribution in [-0.4, -0.2) is 24.0 Å². The molecule has 0 fully saturated rings. The molecular formula is C23H19NO4. The summed E-state index contributed by atoms with van der Waals surface area (Å²) in [4.78, 5) is 14.9. The maximum absolute atomic E-state index is 12.7. The Hall–Kier alpha value is -3.31. The number of ketones is 1. The second-order valence-corrected chi connectivity index (χ2v) is 6.94. The van der Waals surface area contributed by atoms with Gasteiger partial charge < -0.3 is 13.9 Å². The van der Waals surface area contributed by atoms with Crippen molar-refractivity contribution in [2.24, 2.45) is 0 Å². The van der Waals surface area contributed by atoms with Gasteiger partial charge in [0, 0.05) is 19.2 Å². The lowest BCUT2D eigenvalue weighted by molar-refractivity contribution is 0.0950. The predicted octanol–water partition coefficient (Wildman–Crippen LogP) is 4.29. The summed E-state index contributed by atoms with van der Waals surface area (Å²) in [5.41, 5.74) is 2.79.